The van der Waals surface area contributed by atoms with Gasteiger partial charge in [0.2, 0.25) is 0 Å². The van der Waals surface area contributed by atoms with Crippen molar-refractivity contribution in [2.24, 2.45) is 11.8 Å². The fourth-order valence-electron chi connectivity index (χ4n) is 5.84. The molecule has 0 spiro atoms. The van der Waals surface area contributed by atoms with Crippen LogP contribution in [0.1, 0.15) is 53.7 Å². The van der Waals surface area contributed by atoms with Crippen molar-refractivity contribution in [3.05, 3.63) is 100.0 Å². The third-order valence-electron chi connectivity index (χ3n) is 7.77. The average Bonchev–Trinajstić information content (AvgIpc) is 2.94. The van der Waals surface area contributed by atoms with Gasteiger partial charge < -0.3 is 15.1 Å². The van der Waals surface area contributed by atoms with Gasteiger partial charge in [0.05, 0.1) is 17.1 Å². The number of hydrogen-bond acceptors (Lipinski definition) is 4. The topological polar surface area (TPSA) is 52.7 Å². The zero-order valence-electron chi connectivity index (χ0n) is 23.7. The number of rotatable bonds is 8. The summed E-state index contributed by atoms with van der Waals surface area (Å²) >= 11 is 1.50. The van der Waals surface area contributed by atoms with Crippen LogP contribution in [0, 0.1) is 18.8 Å². The molecule has 2 heterocycles. The van der Waals surface area contributed by atoms with Crippen LogP contribution in [-0.4, -0.2) is 42.9 Å². The molecule has 2 amide bonds. The van der Waals surface area contributed by atoms with Crippen LogP contribution < -0.4 is 10.2 Å². The Kier molecular flexibility index (Phi) is 9.08. The fraction of sp³-hybridized carbons (Fsp3) is 0.353. The zero-order valence-corrected chi connectivity index (χ0v) is 24.5. The smallest absolute Gasteiger partial charge is 0.265 e. The maximum Gasteiger partial charge on any atom is 0.265 e. The molecule has 5 nitrogen and oxygen atoms in total. The number of nitrogens with one attached hydrogen (secondary N) is 1. The summed E-state index contributed by atoms with van der Waals surface area (Å²) in [5.41, 5.74) is 4.77. The summed E-state index contributed by atoms with van der Waals surface area (Å²) in [5.74, 6) is 1.44. The van der Waals surface area contributed by atoms with E-state index in [1.165, 1.54) is 23.7 Å². The van der Waals surface area contributed by atoms with E-state index in [2.05, 4.69) is 49.2 Å². The van der Waals surface area contributed by atoms with Gasteiger partial charge >= 0.3 is 0 Å². The van der Waals surface area contributed by atoms with Crippen LogP contribution in [0.3, 0.4) is 0 Å². The molecular weight excluding hydrogens is 514 g/mol. The Morgan fingerprint density at radius 3 is 2.42 bits per heavy atom. The molecule has 0 aliphatic carbocycles. The lowest BCUT2D eigenvalue weighted by atomic mass is 9.92. The molecular formula is C34H39N3O2S. The first kappa shape index (κ1) is 28.2. The SMILES string of the molecule is Cc1ccccc1CN1C(=O)/C(=C\c2ccc(C(=O)NCCCN3CC(C)CC(C)C3)cc2)Sc2ccccc21. The Balaban J connectivity index is 1.22. The number of piperidine rings is 1. The number of para-hydroxylation sites is 1. The van der Waals surface area contributed by atoms with Crippen LogP contribution in [-0.2, 0) is 11.3 Å². The molecule has 1 saturated heterocycles. The number of anilines is 1. The molecule has 0 bridgehead atoms. The molecule has 0 radical (unpaired) electrons. The number of hydrogen-bond donors (Lipinski definition) is 1. The highest BCUT2D eigenvalue weighted by Crippen LogP contribution is 2.42. The second-order valence-electron chi connectivity index (χ2n) is 11.3. The lowest BCUT2D eigenvalue weighted by molar-refractivity contribution is -0.114. The Morgan fingerprint density at radius 2 is 1.68 bits per heavy atom. The number of likely N-dealkylation sites (tertiary alicyclic amines) is 1. The van der Waals surface area contributed by atoms with Gasteiger partial charge in [0.25, 0.3) is 11.8 Å². The first-order valence-electron chi connectivity index (χ1n) is 14.3. The van der Waals surface area contributed by atoms with Crippen molar-refractivity contribution < 1.29 is 9.59 Å². The predicted octanol–water partition coefficient (Wildman–Crippen LogP) is 6.77. The van der Waals surface area contributed by atoms with E-state index in [-0.39, 0.29) is 11.8 Å². The Hall–Kier alpha value is -3.35. The molecule has 2 aliphatic heterocycles. The molecule has 208 valence electrons. The summed E-state index contributed by atoms with van der Waals surface area (Å²) < 4.78 is 0. The molecule has 6 heteroatoms. The summed E-state index contributed by atoms with van der Waals surface area (Å²) in [6.07, 6.45) is 4.19. The number of amides is 2. The zero-order chi connectivity index (χ0) is 28.1. The second kappa shape index (κ2) is 12.9. The maximum atomic E-state index is 13.6. The third kappa shape index (κ3) is 6.86. The highest BCUT2D eigenvalue weighted by molar-refractivity contribution is 8.04. The third-order valence-corrected chi connectivity index (χ3v) is 8.85. The number of carbonyl (C=O) groups is 2. The largest absolute Gasteiger partial charge is 0.352 e. The van der Waals surface area contributed by atoms with E-state index in [9.17, 15) is 9.59 Å². The average molecular weight is 554 g/mol. The fourth-order valence-corrected chi connectivity index (χ4v) is 6.90. The molecule has 2 atom stereocenters. The number of benzene rings is 3. The number of carbonyl (C=O) groups excluding carboxylic acids is 2. The number of aryl methyl sites for hydroxylation is 1. The summed E-state index contributed by atoms with van der Waals surface area (Å²) in [6, 6.07) is 23.8. The van der Waals surface area contributed by atoms with Crippen LogP contribution >= 0.6 is 11.8 Å². The standard InChI is InChI=1S/C34H39N3O2S/c1-24-19-25(2)22-36(21-24)18-8-17-35-33(38)28-15-13-27(14-16-28)20-32-34(39)37(23-29-10-5-4-9-26(29)3)30-11-6-7-12-31(30)40-32/h4-7,9-16,20,24-25H,8,17-19,21-23H2,1-3H3,(H,35,38)/b32-20+. The normalized spacial score (nSPS) is 20.4. The molecule has 40 heavy (non-hydrogen) atoms. The van der Waals surface area contributed by atoms with E-state index in [4.69, 9.17) is 0 Å². The summed E-state index contributed by atoms with van der Waals surface area (Å²) in [6.45, 7) is 11.3. The molecule has 2 aliphatic rings. The van der Waals surface area contributed by atoms with Crippen molar-refractivity contribution in [2.45, 2.75) is 45.1 Å². The summed E-state index contributed by atoms with van der Waals surface area (Å²) in [7, 11) is 0. The quantitative estimate of drug-likeness (QED) is 0.247. The lowest BCUT2D eigenvalue weighted by Crippen LogP contribution is -2.40. The highest BCUT2D eigenvalue weighted by atomic mass is 32.2. The van der Waals surface area contributed by atoms with Crippen molar-refractivity contribution in [3.8, 4) is 0 Å². The van der Waals surface area contributed by atoms with Gasteiger partial charge in [0, 0.05) is 30.1 Å². The van der Waals surface area contributed by atoms with Gasteiger partial charge in [-0.05, 0) is 85.2 Å². The number of thioether (sulfide) groups is 1. The van der Waals surface area contributed by atoms with Crippen LogP contribution in [0.25, 0.3) is 6.08 Å². The van der Waals surface area contributed by atoms with Gasteiger partial charge in [0.15, 0.2) is 0 Å². The van der Waals surface area contributed by atoms with E-state index in [0.717, 1.165) is 59.6 Å². The van der Waals surface area contributed by atoms with Gasteiger partial charge in [-0.25, -0.2) is 0 Å². The maximum absolute atomic E-state index is 13.6. The van der Waals surface area contributed by atoms with Gasteiger partial charge in [-0.3, -0.25) is 9.59 Å². The minimum absolute atomic E-state index is 0.00809. The molecule has 5 rings (SSSR count). The van der Waals surface area contributed by atoms with Crippen molar-refractivity contribution in [1.29, 1.82) is 0 Å². The Bertz CT molecular complexity index is 1370. The van der Waals surface area contributed by atoms with Gasteiger partial charge in [-0.15, -0.1) is 0 Å². The summed E-state index contributed by atoms with van der Waals surface area (Å²) in [4.78, 5) is 32.5. The van der Waals surface area contributed by atoms with Crippen LogP contribution in [0.2, 0.25) is 0 Å². The van der Waals surface area contributed by atoms with E-state index >= 15 is 0 Å². The second-order valence-corrected chi connectivity index (χ2v) is 12.4. The lowest BCUT2D eigenvalue weighted by Gasteiger charge is -2.34. The molecule has 0 aromatic heterocycles. The van der Waals surface area contributed by atoms with E-state index < -0.39 is 0 Å². The molecule has 3 aromatic rings. The number of fused-ring (bicyclic) bond motifs is 1. The van der Waals surface area contributed by atoms with E-state index in [0.29, 0.717) is 23.6 Å². The molecule has 1 fully saturated rings. The first-order valence-corrected chi connectivity index (χ1v) is 15.1. The first-order chi connectivity index (χ1) is 19.4. The van der Waals surface area contributed by atoms with Gasteiger partial charge in [0.1, 0.15) is 0 Å². The van der Waals surface area contributed by atoms with Crippen molar-refractivity contribution in [3.63, 3.8) is 0 Å². The van der Waals surface area contributed by atoms with E-state index in [1.807, 2.05) is 65.6 Å². The van der Waals surface area contributed by atoms with Crippen molar-refractivity contribution >= 4 is 35.3 Å². The Morgan fingerprint density at radius 1 is 0.975 bits per heavy atom. The van der Waals surface area contributed by atoms with Crippen molar-refractivity contribution in [2.75, 3.05) is 31.1 Å². The van der Waals surface area contributed by atoms with Crippen molar-refractivity contribution in [1.82, 2.24) is 10.2 Å². The Labute approximate surface area is 242 Å². The van der Waals surface area contributed by atoms with Crippen LogP contribution in [0.4, 0.5) is 5.69 Å². The monoisotopic (exact) mass is 553 g/mol. The van der Waals surface area contributed by atoms with E-state index in [1.54, 1.807) is 0 Å². The molecule has 3 aromatic carbocycles. The minimum Gasteiger partial charge on any atom is -0.352 e. The molecule has 0 saturated carbocycles. The predicted molar refractivity (Wildman–Crippen MR) is 165 cm³/mol. The molecule has 1 N–H and O–H groups in total. The van der Waals surface area contributed by atoms with Gasteiger partial charge in [-0.1, -0.05) is 74.1 Å². The summed E-state index contributed by atoms with van der Waals surface area (Å²) in [5, 5.41) is 3.07. The minimum atomic E-state index is -0.0546. The van der Waals surface area contributed by atoms with Crippen LogP contribution in [0.15, 0.2) is 82.6 Å². The van der Waals surface area contributed by atoms with Gasteiger partial charge in [-0.2, -0.15) is 0 Å². The molecule has 2 unspecified atom stereocenters. The van der Waals surface area contributed by atoms with Crippen LogP contribution in [0.5, 0.6) is 0 Å². The number of nitrogens with zero attached hydrogens (tertiary/aromatic N) is 2. The highest BCUT2D eigenvalue weighted by Gasteiger charge is 2.29.